The largest absolute Gasteiger partial charge is 0.466 e. The van der Waals surface area contributed by atoms with E-state index in [2.05, 4.69) is 12.2 Å². The Morgan fingerprint density at radius 3 is 2.84 bits per heavy atom. The fourth-order valence-electron chi connectivity index (χ4n) is 2.93. The predicted molar refractivity (Wildman–Crippen MR) is 79.0 cm³/mol. The van der Waals surface area contributed by atoms with Crippen molar-refractivity contribution in [2.45, 2.75) is 52.4 Å². The maximum atomic E-state index is 11.4. The minimum absolute atomic E-state index is 0.203. The van der Waals surface area contributed by atoms with Gasteiger partial charge in [0.1, 0.15) is 0 Å². The second-order valence-corrected chi connectivity index (χ2v) is 5.71. The summed E-state index contributed by atoms with van der Waals surface area (Å²) in [6, 6.07) is 0. The van der Waals surface area contributed by atoms with Crippen LogP contribution in [0.4, 0.5) is 0 Å². The van der Waals surface area contributed by atoms with E-state index in [9.17, 15) is 4.79 Å². The summed E-state index contributed by atoms with van der Waals surface area (Å²) in [4.78, 5) is 11.4. The standard InChI is InChI=1S/C16H29NO2/c1-4-15(16(18)19-3)9-11-17-10-8-14-7-5-6-13(2)12-14/h9,13-14,17H,4-8,10-12H2,1-3H3. The molecule has 19 heavy (non-hydrogen) atoms. The van der Waals surface area contributed by atoms with Crippen LogP contribution in [0.25, 0.3) is 0 Å². The molecule has 1 rings (SSSR count). The van der Waals surface area contributed by atoms with Crippen molar-refractivity contribution in [3.05, 3.63) is 11.6 Å². The Labute approximate surface area is 117 Å². The van der Waals surface area contributed by atoms with Gasteiger partial charge >= 0.3 is 5.97 Å². The van der Waals surface area contributed by atoms with E-state index in [4.69, 9.17) is 4.74 Å². The molecule has 0 aromatic heterocycles. The van der Waals surface area contributed by atoms with Crippen LogP contribution < -0.4 is 5.32 Å². The van der Waals surface area contributed by atoms with E-state index < -0.39 is 0 Å². The van der Waals surface area contributed by atoms with Crippen LogP contribution in [0.5, 0.6) is 0 Å². The molecule has 1 fully saturated rings. The highest BCUT2D eigenvalue weighted by atomic mass is 16.5. The third-order valence-corrected chi connectivity index (χ3v) is 4.10. The lowest BCUT2D eigenvalue weighted by Crippen LogP contribution is -2.22. The van der Waals surface area contributed by atoms with E-state index in [1.807, 2.05) is 13.0 Å². The zero-order valence-corrected chi connectivity index (χ0v) is 12.7. The van der Waals surface area contributed by atoms with Crippen LogP contribution in [0.2, 0.25) is 0 Å². The van der Waals surface area contributed by atoms with Gasteiger partial charge in [0.15, 0.2) is 0 Å². The average molecular weight is 267 g/mol. The van der Waals surface area contributed by atoms with Crippen molar-refractivity contribution in [2.75, 3.05) is 20.2 Å². The van der Waals surface area contributed by atoms with E-state index >= 15 is 0 Å². The van der Waals surface area contributed by atoms with E-state index in [0.29, 0.717) is 0 Å². The van der Waals surface area contributed by atoms with Crippen molar-refractivity contribution in [3.63, 3.8) is 0 Å². The van der Waals surface area contributed by atoms with Crippen molar-refractivity contribution in [1.29, 1.82) is 0 Å². The monoisotopic (exact) mass is 267 g/mol. The van der Waals surface area contributed by atoms with E-state index in [1.165, 1.54) is 39.2 Å². The lowest BCUT2D eigenvalue weighted by molar-refractivity contribution is -0.136. The van der Waals surface area contributed by atoms with Gasteiger partial charge in [-0.2, -0.15) is 0 Å². The molecule has 0 aliphatic heterocycles. The smallest absolute Gasteiger partial charge is 0.333 e. The molecule has 0 saturated heterocycles. The van der Waals surface area contributed by atoms with E-state index in [-0.39, 0.29) is 5.97 Å². The highest BCUT2D eigenvalue weighted by molar-refractivity contribution is 5.88. The van der Waals surface area contributed by atoms with E-state index in [0.717, 1.165) is 36.9 Å². The van der Waals surface area contributed by atoms with E-state index in [1.54, 1.807) is 0 Å². The fourth-order valence-corrected chi connectivity index (χ4v) is 2.93. The summed E-state index contributed by atoms with van der Waals surface area (Å²) >= 11 is 0. The number of hydrogen-bond donors (Lipinski definition) is 1. The second kappa shape index (κ2) is 9.13. The summed E-state index contributed by atoms with van der Waals surface area (Å²) in [7, 11) is 1.43. The van der Waals surface area contributed by atoms with Crippen LogP contribution >= 0.6 is 0 Å². The highest BCUT2D eigenvalue weighted by Crippen LogP contribution is 2.30. The number of ether oxygens (including phenoxy) is 1. The lowest BCUT2D eigenvalue weighted by atomic mass is 9.81. The number of carbonyl (C=O) groups excluding carboxylic acids is 1. The Hall–Kier alpha value is -0.830. The topological polar surface area (TPSA) is 38.3 Å². The van der Waals surface area contributed by atoms with Gasteiger partial charge in [-0.05, 0) is 37.6 Å². The molecule has 0 amide bonds. The number of hydrogen-bond acceptors (Lipinski definition) is 3. The molecule has 2 atom stereocenters. The summed E-state index contributed by atoms with van der Waals surface area (Å²) in [5, 5.41) is 3.41. The molecule has 110 valence electrons. The van der Waals surface area contributed by atoms with Gasteiger partial charge in [0.2, 0.25) is 0 Å². The molecular weight excluding hydrogens is 238 g/mol. The van der Waals surface area contributed by atoms with Gasteiger partial charge in [-0.15, -0.1) is 0 Å². The number of esters is 1. The average Bonchev–Trinajstić information content (AvgIpc) is 2.42. The van der Waals surface area contributed by atoms with Gasteiger partial charge in [-0.25, -0.2) is 4.79 Å². The number of carbonyl (C=O) groups is 1. The van der Waals surface area contributed by atoms with Gasteiger partial charge in [0.05, 0.1) is 7.11 Å². The fraction of sp³-hybridized carbons (Fsp3) is 0.812. The molecule has 1 aliphatic carbocycles. The SMILES string of the molecule is CCC(=CCNCCC1CCCC(C)C1)C(=O)OC. The molecule has 0 heterocycles. The number of rotatable bonds is 7. The quantitative estimate of drug-likeness (QED) is 0.437. The molecular formula is C16H29NO2. The summed E-state index contributed by atoms with van der Waals surface area (Å²) in [6.45, 7) is 6.16. The number of methoxy groups -OCH3 is 1. The Morgan fingerprint density at radius 1 is 1.42 bits per heavy atom. The second-order valence-electron chi connectivity index (χ2n) is 5.71. The molecule has 0 aromatic rings. The molecule has 3 nitrogen and oxygen atoms in total. The minimum Gasteiger partial charge on any atom is -0.466 e. The summed E-state index contributed by atoms with van der Waals surface area (Å²) < 4.78 is 4.73. The number of nitrogens with one attached hydrogen (secondary N) is 1. The minimum atomic E-state index is -0.203. The highest BCUT2D eigenvalue weighted by Gasteiger charge is 2.17. The van der Waals surface area contributed by atoms with Crippen molar-refractivity contribution in [1.82, 2.24) is 5.32 Å². The first kappa shape index (κ1) is 16.2. The Morgan fingerprint density at radius 2 is 2.21 bits per heavy atom. The van der Waals surface area contributed by atoms with Gasteiger partial charge in [-0.1, -0.05) is 39.2 Å². The third kappa shape index (κ3) is 6.24. The lowest BCUT2D eigenvalue weighted by Gasteiger charge is -2.26. The van der Waals surface area contributed by atoms with Crippen molar-refractivity contribution >= 4 is 5.97 Å². The summed E-state index contributed by atoms with van der Waals surface area (Å²) in [5.74, 6) is 1.60. The maximum absolute atomic E-state index is 11.4. The molecule has 2 unspecified atom stereocenters. The molecule has 1 aliphatic rings. The summed E-state index contributed by atoms with van der Waals surface area (Å²) in [6.07, 6.45) is 9.53. The van der Waals surface area contributed by atoms with Crippen LogP contribution in [0.1, 0.15) is 52.4 Å². The molecule has 1 saturated carbocycles. The molecule has 3 heteroatoms. The normalized spacial score (nSPS) is 24.3. The zero-order chi connectivity index (χ0) is 14.1. The van der Waals surface area contributed by atoms with Crippen molar-refractivity contribution in [3.8, 4) is 0 Å². The van der Waals surface area contributed by atoms with Crippen LogP contribution in [-0.2, 0) is 9.53 Å². The third-order valence-electron chi connectivity index (χ3n) is 4.10. The molecule has 1 N–H and O–H groups in total. The van der Waals surface area contributed by atoms with Gasteiger partial charge in [0.25, 0.3) is 0 Å². The Bertz CT molecular complexity index is 299. The zero-order valence-electron chi connectivity index (χ0n) is 12.7. The van der Waals surface area contributed by atoms with Crippen LogP contribution in [0.3, 0.4) is 0 Å². The first-order valence-corrected chi connectivity index (χ1v) is 7.65. The first-order valence-electron chi connectivity index (χ1n) is 7.65. The molecule has 0 spiro atoms. The molecule has 0 aromatic carbocycles. The van der Waals surface area contributed by atoms with Crippen LogP contribution in [0, 0.1) is 11.8 Å². The van der Waals surface area contributed by atoms with Crippen LogP contribution in [0.15, 0.2) is 11.6 Å². The van der Waals surface area contributed by atoms with Gasteiger partial charge in [-0.3, -0.25) is 0 Å². The van der Waals surface area contributed by atoms with Gasteiger partial charge < -0.3 is 10.1 Å². The van der Waals surface area contributed by atoms with Gasteiger partial charge in [0, 0.05) is 12.1 Å². The molecule has 0 radical (unpaired) electrons. The predicted octanol–water partition coefficient (Wildman–Crippen LogP) is 3.30. The maximum Gasteiger partial charge on any atom is 0.333 e. The summed E-state index contributed by atoms with van der Waals surface area (Å²) in [5.41, 5.74) is 0.765. The van der Waals surface area contributed by atoms with Crippen molar-refractivity contribution < 1.29 is 9.53 Å². The molecule has 0 bridgehead atoms. The van der Waals surface area contributed by atoms with Crippen LogP contribution in [-0.4, -0.2) is 26.2 Å². The Kier molecular flexibility index (Phi) is 7.80. The van der Waals surface area contributed by atoms with Crippen molar-refractivity contribution in [2.24, 2.45) is 11.8 Å². The Balaban J connectivity index is 2.16. The first-order chi connectivity index (χ1) is 9.17.